The maximum absolute atomic E-state index is 11.9. The van der Waals surface area contributed by atoms with Crippen LogP contribution in [0.25, 0.3) is 0 Å². The molecule has 0 aromatic heterocycles. The number of amides is 1. The molecule has 1 atom stereocenters. The van der Waals surface area contributed by atoms with E-state index in [9.17, 15) is 13.2 Å². The van der Waals surface area contributed by atoms with Gasteiger partial charge in [0, 0.05) is 18.2 Å². The molecule has 1 unspecified atom stereocenters. The van der Waals surface area contributed by atoms with E-state index in [2.05, 4.69) is 15.4 Å². The highest BCUT2D eigenvalue weighted by atomic mass is 35.5. The number of rotatable bonds is 7. The Balaban J connectivity index is 2.73. The van der Waals surface area contributed by atoms with Crippen molar-refractivity contribution in [3.63, 3.8) is 0 Å². The topological polar surface area (TPSA) is 87.3 Å². The monoisotopic (exact) mass is 333 g/mol. The van der Waals surface area contributed by atoms with Crippen molar-refractivity contribution in [1.82, 2.24) is 5.32 Å². The van der Waals surface area contributed by atoms with Crippen molar-refractivity contribution < 1.29 is 13.2 Å². The first kappa shape index (κ1) is 17.7. The predicted octanol–water partition coefficient (Wildman–Crippen LogP) is 1.90. The van der Waals surface area contributed by atoms with Gasteiger partial charge in [-0.15, -0.1) is 0 Å². The van der Waals surface area contributed by atoms with Gasteiger partial charge < -0.3 is 10.6 Å². The van der Waals surface area contributed by atoms with Crippen molar-refractivity contribution in [3.05, 3.63) is 23.2 Å². The average molecular weight is 334 g/mol. The highest BCUT2D eigenvalue weighted by Gasteiger charge is 2.13. The van der Waals surface area contributed by atoms with Gasteiger partial charge in [-0.3, -0.25) is 9.52 Å². The van der Waals surface area contributed by atoms with Crippen molar-refractivity contribution in [2.75, 3.05) is 29.4 Å². The summed E-state index contributed by atoms with van der Waals surface area (Å²) in [7, 11) is -3.39. The zero-order chi connectivity index (χ0) is 16.0. The minimum atomic E-state index is -3.39. The summed E-state index contributed by atoms with van der Waals surface area (Å²) >= 11 is 5.99. The van der Waals surface area contributed by atoms with Crippen LogP contribution in [0, 0.1) is 5.92 Å². The van der Waals surface area contributed by atoms with Crippen molar-refractivity contribution in [2.45, 2.75) is 13.8 Å². The third-order valence-electron chi connectivity index (χ3n) is 2.68. The van der Waals surface area contributed by atoms with Crippen LogP contribution in [0.4, 0.5) is 11.4 Å². The summed E-state index contributed by atoms with van der Waals surface area (Å²) in [5.74, 6) is -0.312. The fourth-order valence-corrected chi connectivity index (χ4v) is 2.46. The van der Waals surface area contributed by atoms with Gasteiger partial charge in [-0.25, -0.2) is 8.42 Å². The molecule has 1 amide bonds. The van der Waals surface area contributed by atoms with Gasteiger partial charge in [0.2, 0.25) is 15.9 Å². The Morgan fingerprint density at radius 2 is 2.05 bits per heavy atom. The summed E-state index contributed by atoms with van der Waals surface area (Å²) in [4.78, 5) is 11.9. The molecule has 0 aliphatic carbocycles. The van der Waals surface area contributed by atoms with Crippen LogP contribution >= 0.6 is 11.6 Å². The van der Waals surface area contributed by atoms with Crippen LogP contribution in [0.1, 0.15) is 13.8 Å². The van der Waals surface area contributed by atoms with E-state index in [0.29, 0.717) is 12.2 Å². The molecule has 0 fully saturated rings. The standard InChI is InChI=1S/C13H20ClN3O3S/c1-4-15-8-9(2)13(18)16-10-5-6-12(11(14)7-10)17-21(3,19)20/h5-7,9,15,17H,4,8H2,1-3H3,(H,16,18). The SMILES string of the molecule is CCNCC(C)C(=O)Nc1ccc(NS(C)(=O)=O)c(Cl)c1. The number of hydrogen-bond donors (Lipinski definition) is 3. The van der Waals surface area contributed by atoms with Gasteiger partial charge in [-0.1, -0.05) is 25.4 Å². The molecule has 21 heavy (non-hydrogen) atoms. The summed E-state index contributed by atoms with van der Waals surface area (Å²) in [5.41, 5.74) is 0.797. The number of hydrogen-bond acceptors (Lipinski definition) is 4. The Morgan fingerprint density at radius 1 is 1.38 bits per heavy atom. The highest BCUT2D eigenvalue weighted by molar-refractivity contribution is 7.92. The molecule has 1 rings (SSSR count). The molecular formula is C13H20ClN3O3S. The van der Waals surface area contributed by atoms with E-state index in [1.54, 1.807) is 6.07 Å². The van der Waals surface area contributed by atoms with Gasteiger partial charge in [-0.2, -0.15) is 0 Å². The maximum atomic E-state index is 11.9. The zero-order valence-electron chi connectivity index (χ0n) is 12.2. The van der Waals surface area contributed by atoms with Crippen molar-refractivity contribution >= 4 is 38.9 Å². The second kappa shape index (κ2) is 7.63. The van der Waals surface area contributed by atoms with Crippen molar-refractivity contribution in [1.29, 1.82) is 0 Å². The van der Waals surface area contributed by atoms with Crippen LogP contribution in [0.3, 0.4) is 0 Å². The third-order valence-corrected chi connectivity index (χ3v) is 3.58. The first-order valence-electron chi connectivity index (χ1n) is 6.52. The van der Waals surface area contributed by atoms with E-state index >= 15 is 0 Å². The number of halogens is 1. The summed E-state index contributed by atoms with van der Waals surface area (Å²) in [5, 5.41) is 6.06. The number of nitrogens with one attached hydrogen (secondary N) is 3. The predicted molar refractivity (Wildman–Crippen MR) is 86.3 cm³/mol. The Bertz CT molecular complexity index is 605. The molecule has 0 aliphatic heterocycles. The second-order valence-electron chi connectivity index (χ2n) is 4.77. The first-order chi connectivity index (χ1) is 9.73. The fraction of sp³-hybridized carbons (Fsp3) is 0.462. The minimum Gasteiger partial charge on any atom is -0.326 e. The van der Waals surface area contributed by atoms with E-state index < -0.39 is 10.0 Å². The molecule has 118 valence electrons. The van der Waals surface area contributed by atoms with Gasteiger partial charge in [0.1, 0.15) is 0 Å². The number of benzene rings is 1. The Morgan fingerprint density at radius 3 is 2.57 bits per heavy atom. The van der Waals surface area contributed by atoms with Crippen LogP contribution < -0.4 is 15.4 Å². The molecule has 0 heterocycles. The van der Waals surface area contributed by atoms with E-state index in [-0.39, 0.29) is 22.5 Å². The average Bonchev–Trinajstić information content (AvgIpc) is 2.37. The van der Waals surface area contributed by atoms with Crippen LogP contribution in [0.5, 0.6) is 0 Å². The fourth-order valence-electron chi connectivity index (χ4n) is 1.59. The molecule has 1 aromatic carbocycles. The Kier molecular flexibility index (Phi) is 6.44. The molecular weight excluding hydrogens is 314 g/mol. The molecule has 0 radical (unpaired) electrons. The number of sulfonamides is 1. The van der Waals surface area contributed by atoms with Gasteiger partial charge >= 0.3 is 0 Å². The van der Waals surface area contributed by atoms with Crippen molar-refractivity contribution in [3.8, 4) is 0 Å². The molecule has 8 heteroatoms. The van der Waals surface area contributed by atoms with E-state index in [4.69, 9.17) is 11.6 Å². The van der Waals surface area contributed by atoms with Gasteiger partial charge in [0.05, 0.1) is 17.0 Å². The third kappa shape index (κ3) is 6.33. The summed E-state index contributed by atoms with van der Waals surface area (Å²) < 4.78 is 24.6. The zero-order valence-corrected chi connectivity index (χ0v) is 13.8. The molecule has 0 saturated carbocycles. The number of anilines is 2. The molecule has 3 N–H and O–H groups in total. The smallest absolute Gasteiger partial charge is 0.229 e. The number of carbonyl (C=O) groups excluding carboxylic acids is 1. The first-order valence-corrected chi connectivity index (χ1v) is 8.78. The lowest BCUT2D eigenvalue weighted by Gasteiger charge is -2.13. The van der Waals surface area contributed by atoms with Gasteiger partial charge in [0.15, 0.2) is 0 Å². The van der Waals surface area contributed by atoms with E-state index in [1.165, 1.54) is 12.1 Å². The summed E-state index contributed by atoms with van der Waals surface area (Å²) in [6.45, 7) is 5.18. The Labute approximate surface area is 130 Å². The van der Waals surface area contributed by atoms with Crippen LogP contribution in [0.2, 0.25) is 5.02 Å². The maximum Gasteiger partial charge on any atom is 0.229 e. The van der Waals surface area contributed by atoms with Crippen LogP contribution in [-0.4, -0.2) is 33.7 Å². The van der Waals surface area contributed by atoms with Gasteiger partial charge in [0.25, 0.3) is 0 Å². The molecule has 0 spiro atoms. The van der Waals surface area contributed by atoms with Gasteiger partial charge in [-0.05, 0) is 24.7 Å². The van der Waals surface area contributed by atoms with Crippen LogP contribution in [-0.2, 0) is 14.8 Å². The lowest BCUT2D eigenvalue weighted by atomic mass is 10.1. The normalized spacial score (nSPS) is 12.8. The highest BCUT2D eigenvalue weighted by Crippen LogP contribution is 2.26. The summed E-state index contributed by atoms with van der Waals surface area (Å²) in [6.07, 6.45) is 1.04. The van der Waals surface area contributed by atoms with E-state index in [1.807, 2.05) is 13.8 Å². The second-order valence-corrected chi connectivity index (χ2v) is 6.92. The quantitative estimate of drug-likeness (QED) is 0.711. The van der Waals surface area contributed by atoms with Crippen molar-refractivity contribution in [2.24, 2.45) is 5.92 Å². The minimum absolute atomic E-state index is 0.129. The largest absolute Gasteiger partial charge is 0.326 e. The molecule has 0 aliphatic rings. The molecule has 1 aromatic rings. The summed E-state index contributed by atoms with van der Waals surface area (Å²) in [6, 6.07) is 4.61. The Hall–Kier alpha value is -1.31. The lowest BCUT2D eigenvalue weighted by molar-refractivity contribution is -0.119. The number of carbonyl (C=O) groups is 1. The molecule has 0 saturated heterocycles. The van der Waals surface area contributed by atoms with E-state index in [0.717, 1.165) is 12.8 Å². The molecule has 0 bridgehead atoms. The lowest BCUT2D eigenvalue weighted by Crippen LogP contribution is -2.30. The van der Waals surface area contributed by atoms with Crippen LogP contribution in [0.15, 0.2) is 18.2 Å². The molecule has 6 nitrogen and oxygen atoms in total.